The summed E-state index contributed by atoms with van der Waals surface area (Å²) in [5, 5.41) is 5.09. The van der Waals surface area contributed by atoms with Crippen LogP contribution in [0.4, 0.5) is 8.78 Å². The first-order chi connectivity index (χ1) is 14.9. The van der Waals surface area contributed by atoms with Crippen molar-refractivity contribution in [2.24, 2.45) is 5.92 Å². The summed E-state index contributed by atoms with van der Waals surface area (Å²) in [5.41, 5.74) is 2.57. The summed E-state index contributed by atoms with van der Waals surface area (Å²) in [6, 6.07) is 6.80. The lowest BCUT2D eigenvalue weighted by Crippen LogP contribution is -2.42. The number of furan rings is 1. The van der Waals surface area contributed by atoms with Crippen molar-refractivity contribution in [2.45, 2.75) is 32.6 Å². The Kier molecular flexibility index (Phi) is 4.68. The van der Waals surface area contributed by atoms with Gasteiger partial charge in [-0.2, -0.15) is 10.1 Å². The van der Waals surface area contributed by atoms with Gasteiger partial charge in [-0.05, 0) is 49.1 Å². The number of amides is 1. The van der Waals surface area contributed by atoms with Gasteiger partial charge in [-0.15, -0.1) is 0 Å². The van der Waals surface area contributed by atoms with Gasteiger partial charge < -0.3 is 9.32 Å². The number of nitrogens with zero attached hydrogens (tertiary/aromatic N) is 5. The number of benzene rings is 1. The molecule has 0 spiro atoms. The smallest absolute Gasteiger partial charge is 0.280 e. The lowest BCUT2D eigenvalue weighted by molar-refractivity contribution is 0.0665. The van der Waals surface area contributed by atoms with Crippen molar-refractivity contribution < 1.29 is 18.0 Å². The molecule has 1 aromatic carbocycles. The van der Waals surface area contributed by atoms with E-state index in [1.165, 1.54) is 16.9 Å². The van der Waals surface area contributed by atoms with Crippen molar-refractivity contribution in [2.75, 3.05) is 13.1 Å². The van der Waals surface area contributed by atoms with Gasteiger partial charge in [-0.25, -0.2) is 18.3 Å². The predicted octanol–water partition coefficient (Wildman–Crippen LogP) is 4.38. The summed E-state index contributed by atoms with van der Waals surface area (Å²) >= 11 is 0. The van der Waals surface area contributed by atoms with Crippen LogP contribution in [0.25, 0.3) is 16.7 Å². The summed E-state index contributed by atoms with van der Waals surface area (Å²) in [6.07, 6.45) is 1.03. The number of carbonyl (C=O) groups is 1. The fourth-order valence-corrected chi connectivity index (χ4v) is 4.34. The normalized spacial score (nSPS) is 19.6. The van der Waals surface area contributed by atoms with E-state index in [0.29, 0.717) is 24.3 Å². The average molecular weight is 425 g/mol. The summed E-state index contributed by atoms with van der Waals surface area (Å²) in [6.45, 7) is 5.01. The third-order valence-electron chi connectivity index (χ3n) is 6.16. The van der Waals surface area contributed by atoms with Gasteiger partial charge in [0.25, 0.3) is 18.1 Å². The number of halogens is 2. The van der Waals surface area contributed by atoms with Gasteiger partial charge in [-0.1, -0.05) is 6.92 Å². The van der Waals surface area contributed by atoms with Crippen molar-refractivity contribution in [3.8, 4) is 0 Å². The van der Waals surface area contributed by atoms with Crippen molar-refractivity contribution in [3.05, 3.63) is 59.4 Å². The molecule has 0 bridgehead atoms. The highest BCUT2D eigenvalue weighted by Crippen LogP contribution is 2.34. The third-order valence-corrected chi connectivity index (χ3v) is 6.16. The number of hydrogen-bond donors (Lipinski definition) is 0. The number of fused-ring (bicyclic) bond motifs is 2. The molecular formula is C22H21F2N5O2. The van der Waals surface area contributed by atoms with Gasteiger partial charge in [0, 0.05) is 30.0 Å². The fraction of sp³-hybridized carbons (Fsp3) is 0.364. The second kappa shape index (κ2) is 7.40. The van der Waals surface area contributed by atoms with Gasteiger partial charge in [0.15, 0.2) is 0 Å². The molecule has 1 saturated heterocycles. The first kappa shape index (κ1) is 19.6. The molecule has 160 valence electrons. The molecule has 31 heavy (non-hydrogen) atoms. The van der Waals surface area contributed by atoms with E-state index in [1.54, 1.807) is 23.3 Å². The molecule has 7 nitrogen and oxygen atoms in total. The Morgan fingerprint density at radius 1 is 1.29 bits per heavy atom. The minimum absolute atomic E-state index is 0.0858. The monoisotopic (exact) mass is 425 g/mol. The van der Waals surface area contributed by atoms with Gasteiger partial charge >= 0.3 is 0 Å². The topological polar surface area (TPSA) is 76.5 Å². The summed E-state index contributed by atoms with van der Waals surface area (Å²) in [5.74, 6) is 0.0754. The number of aromatic nitrogens is 4. The fourth-order valence-electron chi connectivity index (χ4n) is 4.34. The number of aryl methyl sites for hydroxylation is 1. The predicted molar refractivity (Wildman–Crippen MR) is 109 cm³/mol. The maximum Gasteiger partial charge on any atom is 0.280 e. The van der Waals surface area contributed by atoms with Crippen molar-refractivity contribution >= 4 is 22.7 Å². The number of piperidine rings is 1. The second-order valence-electron chi connectivity index (χ2n) is 8.13. The summed E-state index contributed by atoms with van der Waals surface area (Å²) < 4.78 is 33.8. The molecule has 2 atom stereocenters. The Morgan fingerprint density at radius 3 is 2.94 bits per heavy atom. The van der Waals surface area contributed by atoms with E-state index in [1.807, 2.05) is 13.0 Å². The molecule has 1 unspecified atom stereocenters. The van der Waals surface area contributed by atoms with Crippen LogP contribution in [0, 0.1) is 12.8 Å². The number of likely N-dealkylation sites (tertiary alicyclic amines) is 1. The van der Waals surface area contributed by atoms with Crippen LogP contribution in [0.5, 0.6) is 0 Å². The zero-order valence-corrected chi connectivity index (χ0v) is 17.1. The van der Waals surface area contributed by atoms with Crippen molar-refractivity contribution in [1.82, 2.24) is 24.5 Å². The highest BCUT2D eigenvalue weighted by Gasteiger charge is 2.33. The largest absolute Gasteiger partial charge is 0.464 e. The van der Waals surface area contributed by atoms with Crippen LogP contribution in [0.3, 0.4) is 0 Å². The lowest BCUT2D eigenvalue weighted by atomic mass is 9.84. The Hall–Kier alpha value is -3.36. The first-order valence-electron chi connectivity index (χ1n) is 10.2. The summed E-state index contributed by atoms with van der Waals surface area (Å²) in [7, 11) is 0. The molecule has 0 radical (unpaired) electrons. The molecule has 0 aliphatic carbocycles. The van der Waals surface area contributed by atoms with E-state index in [-0.39, 0.29) is 29.2 Å². The van der Waals surface area contributed by atoms with Crippen LogP contribution in [0.1, 0.15) is 53.0 Å². The lowest BCUT2D eigenvalue weighted by Gasteiger charge is -2.37. The Balaban J connectivity index is 1.49. The molecule has 4 heterocycles. The first-order valence-corrected chi connectivity index (χ1v) is 10.2. The van der Waals surface area contributed by atoms with E-state index in [0.717, 1.165) is 23.0 Å². The van der Waals surface area contributed by atoms with E-state index < -0.39 is 6.43 Å². The van der Waals surface area contributed by atoms with Crippen LogP contribution in [0.15, 0.2) is 41.3 Å². The SMILES string of the molecule is Cc1coc2ccc(C(=O)N3CCC(C)[C@H](c4cc(C(F)F)nc5ncnn45)C3)cc12. The minimum Gasteiger partial charge on any atom is -0.464 e. The molecule has 5 rings (SSSR count). The van der Waals surface area contributed by atoms with E-state index in [9.17, 15) is 13.6 Å². The minimum atomic E-state index is -2.71. The summed E-state index contributed by atoms with van der Waals surface area (Å²) in [4.78, 5) is 23.0. The number of hydrogen-bond acceptors (Lipinski definition) is 5. The molecule has 1 aliphatic heterocycles. The van der Waals surface area contributed by atoms with Crippen LogP contribution >= 0.6 is 0 Å². The van der Waals surface area contributed by atoms with Gasteiger partial charge in [0.2, 0.25) is 0 Å². The van der Waals surface area contributed by atoms with Crippen molar-refractivity contribution in [3.63, 3.8) is 0 Å². The van der Waals surface area contributed by atoms with Crippen LogP contribution in [-0.4, -0.2) is 43.5 Å². The number of alkyl halides is 2. The molecule has 0 N–H and O–H groups in total. The van der Waals surface area contributed by atoms with E-state index in [4.69, 9.17) is 4.42 Å². The average Bonchev–Trinajstić information content (AvgIpc) is 3.39. The van der Waals surface area contributed by atoms with Crippen LogP contribution < -0.4 is 0 Å². The van der Waals surface area contributed by atoms with Crippen LogP contribution in [0.2, 0.25) is 0 Å². The van der Waals surface area contributed by atoms with Gasteiger partial charge in [-0.3, -0.25) is 4.79 Å². The van der Waals surface area contributed by atoms with E-state index >= 15 is 0 Å². The highest BCUT2D eigenvalue weighted by atomic mass is 19.3. The van der Waals surface area contributed by atoms with Crippen LogP contribution in [-0.2, 0) is 0 Å². The van der Waals surface area contributed by atoms with E-state index in [2.05, 4.69) is 22.0 Å². The Bertz CT molecular complexity index is 1280. The maximum atomic E-state index is 13.4. The Morgan fingerprint density at radius 2 is 2.13 bits per heavy atom. The van der Waals surface area contributed by atoms with Gasteiger partial charge in [0.05, 0.1) is 12.0 Å². The third kappa shape index (κ3) is 3.34. The Labute approximate surface area is 176 Å². The molecule has 3 aromatic heterocycles. The zero-order chi connectivity index (χ0) is 21.7. The molecule has 4 aromatic rings. The standard InChI is InChI=1S/C22H21F2N5O2/c1-12-5-6-28(21(30)14-3-4-19-15(7-14)13(2)10-31-19)9-16(12)18-8-17(20(23)24)27-22-25-11-26-29(18)22/h3-4,7-8,10-12,16,20H,5-6,9H2,1-2H3/t12?,16-/m1/s1. The molecule has 9 heteroatoms. The molecule has 0 saturated carbocycles. The molecular weight excluding hydrogens is 404 g/mol. The zero-order valence-electron chi connectivity index (χ0n) is 17.1. The highest BCUT2D eigenvalue weighted by molar-refractivity contribution is 5.98. The molecule has 1 fully saturated rings. The van der Waals surface area contributed by atoms with Gasteiger partial charge in [0.1, 0.15) is 17.6 Å². The molecule has 1 amide bonds. The number of carbonyl (C=O) groups excluding carboxylic acids is 1. The van der Waals surface area contributed by atoms with Crippen molar-refractivity contribution in [1.29, 1.82) is 0 Å². The molecule has 1 aliphatic rings. The quantitative estimate of drug-likeness (QED) is 0.487. The number of rotatable bonds is 3. The second-order valence-corrected chi connectivity index (χ2v) is 8.13. The maximum absolute atomic E-state index is 13.4.